The second-order valence-corrected chi connectivity index (χ2v) is 5.53. The molecule has 1 aliphatic rings. The third-order valence-electron chi connectivity index (χ3n) is 3.28. The van der Waals surface area contributed by atoms with Crippen LogP contribution in [0.2, 0.25) is 0 Å². The van der Waals surface area contributed by atoms with Crippen molar-refractivity contribution in [3.63, 3.8) is 0 Å². The van der Waals surface area contributed by atoms with Crippen molar-refractivity contribution in [3.8, 4) is 0 Å². The largest absolute Gasteiger partial charge is 0.481 e. The van der Waals surface area contributed by atoms with Crippen LogP contribution in [-0.4, -0.2) is 48.0 Å². The van der Waals surface area contributed by atoms with Crippen molar-refractivity contribution >= 4 is 17.7 Å². The predicted molar refractivity (Wildman–Crippen MR) is 75.5 cm³/mol. The molecule has 1 atom stereocenters. The molecule has 0 spiro atoms. The molecule has 1 N–H and O–H groups in total. The van der Waals surface area contributed by atoms with Gasteiger partial charge in [-0.25, -0.2) is 0 Å². The summed E-state index contributed by atoms with van der Waals surface area (Å²) in [7, 11) is 0. The van der Waals surface area contributed by atoms with E-state index in [0.717, 1.165) is 13.1 Å². The number of hydrogen-bond donors (Lipinski definition) is 1. The van der Waals surface area contributed by atoms with Crippen LogP contribution in [0.5, 0.6) is 0 Å². The Balaban J connectivity index is 2.03. The molecule has 4 nitrogen and oxygen atoms in total. The van der Waals surface area contributed by atoms with Crippen LogP contribution in [0.4, 0.5) is 0 Å². The number of carboxylic acid groups (broad SMARTS) is 1. The van der Waals surface area contributed by atoms with E-state index in [1.807, 2.05) is 6.07 Å². The summed E-state index contributed by atoms with van der Waals surface area (Å²) in [6.07, 6.45) is 2.20. The fourth-order valence-electron chi connectivity index (χ4n) is 2.29. The highest BCUT2D eigenvalue weighted by atomic mass is 32.2. The molecule has 0 radical (unpaired) electrons. The van der Waals surface area contributed by atoms with Crippen molar-refractivity contribution in [2.45, 2.75) is 23.9 Å². The monoisotopic (exact) mass is 281 g/mol. The number of hydrogen-bond acceptors (Lipinski definition) is 4. The first kappa shape index (κ1) is 14.4. The summed E-state index contributed by atoms with van der Waals surface area (Å²) >= 11 is 1.72. The van der Waals surface area contributed by atoms with E-state index in [1.54, 1.807) is 11.8 Å². The Morgan fingerprint density at radius 3 is 3.16 bits per heavy atom. The molecule has 1 fully saturated rings. The normalized spacial score (nSPS) is 20.4. The number of aliphatic carboxylic acids is 1. The SMILES string of the molecule is CSc1cccc(CN2CCOCC2CC(=O)O)c1. The smallest absolute Gasteiger partial charge is 0.305 e. The van der Waals surface area contributed by atoms with Gasteiger partial charge >= 0.3 is 5.97 Å². The molecule has 5 heteroatoms. The maximum Gasteiger partial charge on any atom is 0.305 e. The quantitative estimate of drug-likeness (QED) is 0.837. The van der Waals surface area contributed by atoms with Crippen LogP contribution in [0.3, 0.4) is 0 Å². The minimum absolute atomic E-state index is 0.0239. The van der Waals surface area contributed by atoms with Crippen LogP contribution in [0.25, 0.3) is 0 Å². The molecule has 1 heterocycles. The summed E-state index contributed by atoms with van der Waals surface area (Å²) in [5.74, 6) is -0.765. The van der Waals surface area contributed by atoms with Gasteiger partial charge in [-0.1, -0.05) is 12.1 Å². The summed E-state index contributed by atoms with van der Waals surface area (Å²) in [6, 6.07) is 8.37. The van der Waals surface area contributed by atoms with E-state index in [-0.39, 0.29) is 12.5 Å². The summed E-state index contributed by atoms with van der Waals surface area (Å²) in [5.41, 5.74) is 1.23. The molecular weight excluding hydrogens is 262 g/mol. The molecule has 0 aliphatic carbocycles. The highest BCUT2D eigenvalue weighted by Crippen LogP contribution is 2.19. The van der Waals surface area contributed by atoms with Gasteiger partial charge in [-0.2, -0.15) is 0 Å². The van der Waals surface area contributed by atoms with Crippen molar-refractivity contribution in [2.24, 2.45) is 0 Å². The van der Waals surface area contributed by atoms with Crippen LogP contribution in [0, 0.1) is 0 Å². The summed E-state index contributed by atoms with van der Waals surface area (Å²) in [6.45, 7) is 2.77. The molecule has 0 bridgehead atoms. The minimum Gasteiger partial charge on any atom is -0.481 e. The zero-order chi connectivity index (χ0) is 13.7. The fraction of sp³-hybridized carbons (Fsp3) is 0.500. The molecule has 0 aromatic heterocycles. The zero-order valence-corrected chi connectivity index (χ0v) is 11.9. The number of carbonyl (C=O) groups is 1. The number of nitrogens with zero attached hydrogens (tertiary/aromatic N) is 1. The molecule has 1 aromatic carbocycles. The molecule has 1 aliphatic heterocycles. The van der Waals surface area contributed by atoms with Crippen LogP contribution in [-0.2, 0) is 16.1 Å². The molecular formula is C14H19NO3S. The van der Waals surface area contributed by atoms with Crippen molar-refractivity contribution in [2.75, 3.05) is 26.0 Å². The second kappa shape index (κ2) is 6.93. The first-order chi connectivity index (χ1) is 9.19. The predicted octanol–water partition coefficient (Wildman–Crippen LogP) is 2.08. The number of morpholine rings is 1. The summed E-state index contributed by atoms with van der Waals surface area (Å²) in [4.78, 5) is 14.3. The Labute approximate surface area is 117 Å². The van der Waals surface area contributed by atoms with E-state index in [9.17, 15) is 4.79 Å². The van der Waals surface area contributed by atoms with Crippen LogP contribution < -0.4 is 0 Å². The fourth-order valence-corrected chi connectivity index (χ4v) is 2.78. The number of carboxylic acids is 1. The third kappa shape index (κ3) is 4.23. The van der Waals surface area contributed by atoms with Crippen molar-refractivity contribution in [3.05, 3.63) is 29.8 Å². The Morgan fingerprint density at radius 2 is 2.42 bits per heavy atom. The van der Waals surface area contributed by atoms with E-state index in [0.29, 0.717) is 13.2 Å². The minimum atomic E-state index is -0.765. The van der Waals surface area contributed by atoms with Crippen LogP contribution >= 0.6 is 11.8 Å². The maximum absolute atomic E-state index is 10.9. The van der Waals surface area contributed by atoms with Gasteiger partial charge in [0.1, 0.15) is 0 Å². The van der Waals surface area contributed by atoms with Gasteiger partial charge in [0.25, 0.3) is 0 Å². The lowest BCUT2D eigenvalue weighted by Gasteiger charge is -2.34. The lowest BCUT2D eigenvalue weighted by Crippen LogP contribution is -2.45. The van der Waals surface area contributed by atoms with Crippen molar-refractivity contribution < 1.29 is 14.6 Å². The molecule has 0 amide bonds. The summed E-state index contributed by atoms with van der Waals surface area (Å²) in [5, 5.41) is 8.95. The van der Waals surface area contributed by atoms with E-state index in [1.165, 1.54) is 10.5 Å². The maximum atomic E-state index is 10.9. The highest BCUT2D eigenvalue weighted by Gasteiger charge is 2.25. The van der Waals surface area contributed by atoms with Crippen molar-refractivity contribution in [1.82, 2.24) is 4.90 Å². The van der Waals surface area contributed by atoms with E-state index in [2.05, 4.69) is 29.4 Å². The van der Waals surface area contributed by atoms with Gasteiger partial charge in [0.15, 0.2) is 0 Å². The second-order valence-electron chi connectivity index (χ2n) is 4.65. The van der Waals surface area contributed by atoms with Crippen LogP contribution in [0.1, 0.15) is 12.0 Å². The average molecular weight is 281 g/mol. The molecule has 19 heavy (non-hydrogen) atoms. The Kier molecular flexibility index (Phi) is 5.24. The lowest BCUT2D eigenvalue weighted by atomic mass is 10.1. The van der Waals surface area contributed by atoms with E-state index < -0.39 is 5.97 Å². The Morgan fingerprint density at radius 1 is 1.58 bits per heavy atom. The molecule has 1 aromatic rings. The van der Waals surface area contributed by atoms with Gasteiger partial charge in [-0.3, -0.25) is 9.69 Å². The van der Waals surface area contributed by atoms with Crippen LogP contribution in [0.15, 0.2) is 29.2 Å². The number of ether oxygens (including phenoxy) is 1. The lowest BCUT2D eigenvalue weighted by molar-refractivity contribution is -0.140. The number of thioether (sulfide) groups is 1. The zero-order valence-electron chi connectivity index (χ0n) is 11.0. The Bertz CT molecular complexity index is 438. The molecule has 1 unspecified atom stereocenters. The molecule has 1 saturated heterocycles. The molecule has 104 valence electrons. The third-order valence-corrected chi connectivity index (χ3v) is 4.00. The van der Waals surface area contributed by atoms with Gasteiger partial charge in [0, 0.05) is 24.0 Å². The molecule has 2 rings (SSSR count). The van der Waals surface area contributed by atoms with E-state index >= 15 is 0 Å². The standard InChI is InChI=1S/C14H19NO3S/c1-19-13-4-2-3-11(7-13)9-15-5-6-18-10-12(15)8-14(16)17/h2-4,7,12H,5-6,8-10H2,1H3,(H,16,17). The first-order valence-electron chi connectivity index (χ1n) is 6.35. The van der Waals surface area contributed by atoms with Gasteiger partial charge < -0.3 is 9.84 Å². The topological polar surface area (TPSA) is 49.8 Å². The molecule has 0 saturated carbocycles. The van der Waals surface area contributed by atoms with E-state index in [4.69, 9.17) is 9.84 Å². The van der Waals surface area contributed by atoms with Gasteiger partial charge in [-0.05, 0) is 24.0 Å². The number of benzene rings is 1. The summed E-state index contributed by atoms with van der Waals surface area (Å²) < 4.78 is 5.39. The van der Waals surface area contributed by atoms with Crippen molar-refractivity contribution in [1.29, 1.82) is 0 Å². The average Bonchev–Trinajstić information content (AvgIpc) is 2.41. The van der Waals surface area contributed by atoms with Gasteiger partial charge in [-0.15, -0.1) is 11.8 Å². The number of rotatable bonds is 5. The van der Waals surface area contributed by atoms with Gasteiger partial charge in [0.2, 0.25) is 0 Å². The van der Waals surface area contributed by atoms with Gasteiger partial charge in [0.05, 0.1) is 19.6 Å². The Hall–Kier alpha value is -1.04. The highest BCUT2D eigenvalue weighted by molar-refractivity contribution is 7.98. The first-order valence-corrected chi connectivity index (χ1v) is 7.58.